The lowest BCUT2D eigenvalue weighted by atomic mass is 10.6. The number of carbonyl (C=O) groups is 1. The third kappa shape index (κ3) is 2.37. The molecule has 12 heavy (non-hydrogen) atoms. The number of rotatable bonds is 4. The summed E-state index contributed by atoms with van der Waals surface area (Å²) in [6, 6.07) is -0.579. The van der Waals surface area contributed by atoms with E-state index in [1.165, 1.54) is 12.4 Å². The van der Waals surface area contributed by atoms with Crippen LogP contribution in [-0.4, -0.2) is 39.5 Å². The van der Waals surface area contributed by atoms with Gasteiger partial charge in [-0.05, 0) is 0 Å². The van der Waals surface area contributed by atoms with E-state index in [0.29, 0.717) is 0 Å². The van der Waals surface area contributed by atoms with Crippen molar-refractivity contribution in [2.24, 2.45) is 0 Å². The van der Waals surface area contributed by atoms with Gasteiger partial charge in [0.05, 0.1) is 0 Å². The predicted octanol–water partition coefficient (Wildman–Crippen LogP) is -0.103. The Bertz CT molecular complexity index is 169. The van der Waals surface area contributed by atoms with Crippen molar-refractivity contribution in [3.63, 3.8) is 0 Å². The monoisotopic (exact) mass is 172 g/mol. The molecule has 0 aromatic rings. The smallest absolute Gasteiger partial charge is 0.331 e. The zero-order chi connectivity index (χ0) is 9.56. The number of hydrogen-bond acceptors (Lipinski definition) is 3. The highest BCUT2D eigenvalue weighted by Crippen LogP contribution is 1.97. The normalized spacial score (nSPS) is 8.83. The van der Waals surface area contributed by atoms with E-state index < -0.39 is 19.5 Å². The molecule has 0 rings (SSSR count). The molecule has 0 aliphatic heterocycles. The van der Waals surface area contributed by atoms with Crippen molar-refractivity contribution in [2.75, 3.05) is 13.5 Å². The van der Waals surface area contributed by atoms with E-state index >= 15 is 0 Å². The molecule has 0 atom stereocenters. The maximum absolute atomic E-state index is 11.2. The van der Waals surface area contributed by atoms with Crippen molar-refractivity contribution in [1.82, 2.24) is 9.80 Å². The highest BCUT2D eigenvalue weighted by molar-refractivity contribution is 5.76. The average Bonchev–Trinajstić information content (AvgIpc) is 2.09. The molecule has 0 spiro atoms. The summed E-state index contributed by atoms with van der Waals surface area (Å²) in [6.45, 7) is 5.60. The fraction of sp³-hybridized carbons (Fsp3) is 0.286. The van der Waals surface area contributed by atoms with Gasteiger partial charge >= 0.3 is 6.03 Å². The van der Waals surface area contributed by atoms with Crippen LogP contribution in [0.5, 0.6) is 0 Å². The average molecular weight is 172 g/mol. The van der Waals surface area contributed by atoms with Crippen LogP contribution in [0.3, 0.4) is 0 Å². The molecule has 0 aliphatic carbocycles. The molecule has 2 amide bonds. The maximum Gasteiger partial charge on any atom is 0.331 e. The molecule has 0 bridgehead atoms. The van der Waals surface area contributed by atoms with Gasteiger partial charge in [-0.1, -0.05) is 13.2 Å². The first-order chi connectivity index (χ1) is 5.71. The van der Waals surface area contributed by atoms with Crippen molar-refractivity contribution >= 4 is 6.03 Å². The summed E-state index contributed by atoms with van der Waals surface area (Å²) < 4.78 is 0. The van der Waals surface area contributed by atoms with Gasteiger partial charge in [-0.3, -0.25) is 9.80 Å². The standard InChI is InChI=1S/C7H12N2O3/c1-3-8(4-2)7(12)9(5-10)6-11/h3-4,10-11H,1-2,5-6H2. The molecule has 0 aliphatic rings. The number of hydrogen-bond donors (Lipinski definition) is 2. The molecule has 0 radical (unpaired) electrons. The highest BCUT2D eigenvalue weighted by Gasteiger charge is 2.14. The van der Waals surface area contributed by atoms with E-state index in [1.807, 2.05) is 0 Å². The van der Waals surface area contributed by atoms with Crippen LogP contribution in [0.2, 0.25) is 0 Å². The summed E-state index contributed by atoms with van der Waals surface area (Å²) in [6.07, 6.45) is 2.46. The van der Waals surface area contributed by atoms with Crippen molar-refractivity contribution in [3.8, 4) is 0 Å². The molecule has 0 aromatic carbocycles. The Balaban J connectivity index is 4.31. The summed E-state index contributed by atoms with van der Waals surface area (Å²) in [7, 11) is 0. The summed E-state index contributed by atoms with van der Waals surface area (Å²) in [5.74, 6) is 0. The zero-order valence-electron chi connectivity index (χ0n) is 6.68. The zero-order valence-corrected chi connectivity index (χ0v) is 6.68. The van der Waals surface area contributed by atoms with Gasteiger partial charge in [0.2, 0.25) is 0 Å². The van der Waals surface area contributed by atoms with Gasteiger partial charge in [0.15, 0.2) is 0 Å². The van der Waals surface area contributed by atoms with Gasteiger partial charge in [-0.25, -0.2) is 4.79 Å². The van der Waals surface area contributed by atoms with E-state index in [2.05, 4.69) is 13.2 Å². The molecule has 0 fully saturated rings. The number of aliphatic hydroxyl groups is 2. The Morgan fingerprint density at radius 3 is 1.92 bits per heavy atom. The lowest BCUT2D eigenvalue weighted by Gasteiger charge is -2.21. The molecular weight excluding hydrogens is 160 g/mol. The van der Waals surface area contributed by atoms with Gasteiger partial charge in [0, 0.05) is 12.4 Å². The van der Waals surface area contributed by atoms with Gasteiger partial charge in [0.1, 0.15) is 13.5 Å². The van der Waals surface area contributed by atoms with Crippen LogP contribution in [0, 0.1) is 0 Å². The van der Waals surface area contributed by atoms with Gasteiger partial charge in [-0.15, -0.1) is 0 Å². The third-order valence-corrected chi connectivity index (χ3v) is 1.23. The molecule has 0 heterocycles. The Morgan fingerprint density at radius 1 is 1.25 bits per heavy atom. The summed E-state index contributed by atoms with van der Waals surface area (Å²) in [5.41, 5.74) is 0. The lowest BCUT2D eigenvalue weighted by Crippen LogP contribution is -2.39. The molecule has 0 saturated heterocycles. The molecule has 2 N–H and O–H groups in total. The Kier molecular flexibility index (Phi) is 4.75. The molecule has 0 aromatic heterocycles. The Labute approximate surface area is 70.8 Å². The van der Waals surface area contributed by atoms with E-state index in [0.717, 1.165) is 9.80 Å². The maximum atomic E-state index is 11.2. The number of amides is 2. The predicted molar refractivity (Wildman–Crippen MR) is 43.6 cm³/mol. The van der Waals surface area contributed by atoms with E-state index in [1.54, 1.807) is 0 Å². The fourth-order valence-corrected chi connectivity index (χ4v) is 0.560. The van der Waals surface area contributed by atoms with Crippen molar-refractivity contribution < 1.29 is 15.0 Å². The molecule has 68 valence electrons. The van der Waals surface area contributed by atoms with Gasteiger partial charge < -0.3 is 10.2 Å². The highest BCUT2D eigenvalue weighted by atomic mass is 16.3. The van der Waals surface area contributed by atoms with Crippen LogP contribution in [0.15, 0.2) is 25.6 Å². The van der Waals surface area contributed by atoms with Crippen LogP contribution >= 0.6 is 0 Å². The van der Waals surface area contributed by atoms with E-state index in [-0.39, 0.29) is 0 Å². The SMILES string of the molecule is C=CN(C=C)C(=O)N(CO)CO. The minimum Gasteiger partial charge on any atom is -0.376 e. The summed E-state index contributed by atoms with van der Waals surface area (Å²) in [5, 5.41) is 17.2. The summed E-state index contributed by atoms with van der Waals surface area (Å²) in [4.78, 5) is 13.0. The van der Waals surface area contributed by atoms with Crippen LogP contribution < -0.4 is 0 Å². The van der Waals surface area contributed by atoms with Crippen LogP contribution in [0.4, 0.5) is 4.79 Å². The van der Waals surface area contributed by atoms with Crippen molar-refractivity contribution in [1.29, 1.82) is 0 Å². The largest absolute Gasteiger partial charge is 0.376 e. The second-order valence-electron chi connectivity index (χ2n) is 1.88. The number of carbonyl (C=O) groups excluding carboxylic acids is 1. The molecule has 0 unspecified atom stereocenters. The van der Waals surface area contributed by atoms with E-state index in [9.17, 15) is 4.79 Å². The van der Waals surface area contributed by atoms with Crippen molar-refractivity contribution in [2.45, 2.75) is 0 Å². The quantitative estimate of drug-likeness (QED) is 0.582. The van der Waals surface area contributed by atoms with Gasteiger partial charge in [0.25, 0.3) is 0 Å². The van der Waals surface area contributed by atoms with Gasteiger partial charge in [-0.2, -0.15) is 0 Å². The van der Waals surface area contributed by atoms with Crippen molar-refractivity contribution in [3.05, 3.63) is 25.6 Å². The minimum atomic E-state index is -0.579. The molecular formula is C7H12N2O3. The first kappa shape index (κ1) is 10.7. The molecule has 5 heteroatoms. The van der Waals surface area contributed by atoms with Crippen LogP contribution in [-0.2, 0) is 0 Å². The second kappa shape index (κ2) is 5.34. The Hall–Kier alpha value is -1.33. The minimum absolute atomic E-state index is 0.548. The Morgan fingerprint density at radius 2 is 1.67 bits per heavy atom. The topological polar surface area (TPSA) is 64.0 Å². The lowest BCUT2D eigenvalue weighted by molar-refractivity contribution is 0.0497. The first-order valence-electron chi connectivity index (χ1n) is 3.25. The number of nitrogens with zero attached hydrogens (tertiary/aromatic N) is 2. The second-order valence-corrected chi connectivity index (χ2v) is 1.88. The first-order valence-corrected chi connectivity index (χ1v) is 3.25. The van der Waals surface area contributed by atoms with Crippen LogP contribution in [0.1, 0.15) is 0 Å². The third-order valence-electron chi connectivity index (χ3n) is 1.23. The van der Waals surface area contributed by atoms with Crippen LogP contribution in [0.25, 0.3) is 0 Å². The van der Waals surface area contributed by atoms with E-state index in [4.69, 9.17) is 10.2 Å². The summed E-state index contributed by atoms with van der Waals surface area (Å²) >= 11 is 0. The fourth-order valence-electron chi connectivity index (χ4n) is 0.560. The number of urea groups is 1. The molecule has 0 saturated carbocycles. The number of aliphatic hydroxyl groups excluding tert-OH is 2. The molecule has 5 nitrogen and oxygen atoms in total.